The van der Waals surface area contributed by atoms with Gasteiger partial charge in [0.1, 0.15) is 5.82 Å². The second kappa shape index (κ2) is 8.86. The van der Waals surface area contributed by atoms with E-state index in [1.54, 1.807) is 0 Å². The van der Waals surface area contributed by atoms with Gasteiger partial charge in [-0.15, -0.1) is 12.4 Å². The number of carbonyl (C=O) groups is 2. The molecule has 1 unspecified atom stereocenters. The monoisotopic (exact) mass is 330 g/mol. The Morgan fingerprint density at radius 1 is 1.23 bits per heavy atom. The van der Waals surface area contributed by atoms with Gasteiger partial charge in [0, 0.05) is 24.9 Å². The molecule has 0 heterocycles. The van der Waals surface area contributed by atoms with Crippen molar-refractivity contribution in [1.82, 2.24) is 5.32 Å². The van der Waals surface area contributed by atoms with Crippen LogP contribution in [0.5, 0.6) is 0 Å². The van der Waals surface area contributed by atoms with Gasteiger partial charge in [-0.05, 0) is 37.1 Å². The molecular formula is C16H24ClFN2O2. The van der Waals surface area contributed by atoms with Crippen molar-refractivity contribution in [1.29, 1.82) is 0 Å². The zero-order chi connectivity index (χ0) is 16.0. The van der Waals surface area contributed by atoms with Crippen LogP contribution < -0.4 is 11.1 Å². The highest BCUT2D eigenvalue weighted by Gasteiger charge is 2.28. The van der Waals surface area contributed by atoms with E-state index < -0.39 is 5.54 Å². The number of halogens is 2. The van der Waals surface area contributed by atoms with Crippen molar-refractivity contribution in [2.24, 2.45) is 11.7 Å². The van der Waals surface area contributed by atoms with Gasteiger partial charge in [0.05, 0.1) is 5.54 Å². The largest absolute Gasteiger partial charge is 0.349 e. The highest BCUT2D eigenvalue weighted by molar-refractivity contribution is 5.97. The first-order chi connectivity index (χ1) is 9.78. The number of amides is 1. The summed E-state index contributed by atoms with van der Waals surface area (Å²) < 4.78 is 12.8. The van der Waals surface area contributed by atoms with Crippen molar-refractivity contribution >= 4 is 24.1 Å². The van der Waals surface area contributed by atoms with Crippen molar-refractivity contribution < 1.29 is 14.0 Å². The Kier molecular flexibility index (Phi) is 8.27. The van der Waals surface area contributed by atoms with Crippen LogP contribution in [0.1, 0.15) is 44.0 Å². The number of ketones is 1. The highest BCUT2D eigenvalue weighted by atomic mass is 35.5. The fourth-order valence-electron chi connectivity index (χ4n) is 1.82. The quantitative estimate of drug-likeness (QED) is 0.755. The normalized spacial score (nSPS) is 13.2. The number of rotatable bonds is 7. The molecule has 1 aromatic carbocycles. The van der Waals surface area contributed by atoms with E-state index in [2.05, 4.69) is 5.32 Å². The van der Waals surface area contributed by atoms with Crippen LogP contribution in [0.15, 0.2) is 24.3 Å². The van der Waals surface area contributed by atoms with Gasteiger partial charge in [0.15, 0.2) is 5.78 Å². The third kappa shape index (κ3) is 5.73. The van der Waals surface area contributed by atoms with E-state index in [4.69, 9.17) is 5.73 Å². The molecule has 0 aliphatic rings. The predicted octanol–water partition coefficient (Wildman–Crippen LogP) is 2.70. The first kappa shape index (κ1) is 20.5. The number of hydrogen-bond acceptors (Lipinski definition) is 3. The molecule has 0 saturated heterocycles. The van der Waals surface area contributed by atoms with Crippen molar-refractivity contribution in [3.8, 4) is 0 Å². The van der Waals surface area contributed by atoms with E-state index in [1.165, 1.54) is 24.3 Å². The molecule has 0 aliphatic carbocycles. The summed E-state index contributed by atoms with van der Waals surface area (Å²) in [6.07, 6.45) is 0.189. The van der Waals surface area contributed by atoms with Crippen LogP contribution >= 0.6 is 12.4 Å². The molecule has 6 heteroatoms. The minimum atomic E-state index is -0.476. The van der Waals surface area contributed by atoms with Crippen molar-refractivity contribution in [3.63, 3.8) is 0 Å². The SMILES string of the molecule is CC(C)C(C)(CN)NC(=O)CCC(=O)c1ccc(F)cc1.Cl. The van der Waals surface area contributed by atoms with E-state index in [0.717, 1.165) is 0 Å². The maximum atomic E-state index is 12.8. The summed E-state index contributed by atoms with van der Waals surface area (Å²) in [6, 6.07) is 5.32. The molecule has 1 atom stereocenters. The molecule has 0 bridgehead atoms. The van der Waals surface area contributed by atoms with Gasteiger partial charge >= 0.3 is 0 Å². The van der Waals surface area contributed by atoms with E-state index in [1.807, 2.05) is 20.8 Å². The Bertz CT molecular complexity index is 505. The van der Waals surface area contributed by atoms with E-state index in [0.29, 0.717) is 12.1 Å². The second-order valence-electron chi connectivity index (χ2n) is 5.75. The molecule has 0 spiro atoms. The predicted molar refractivity (Wildman–Crippen MR) is 87.7 cm³/mol. The molecule has 0 saturated carbocycles. The van der Waals surface area contributed by atoms with Crippen LogP contribution in [0, 0.1) is 11.7 Å². The van der Waals surface area contributed by atoms with Gasteiger partial charge in [-0.25, -0.2) is 4.39 Å². The average Bonchev–Trinajstić information content (AvgIpc) is 2.45. The first-order valence-corrected chi connectivity index (χ1v) is 7.08. The first-order valence-electron chi connectivity index (χ1n) is 7.08. The summed E-state index contributed by atoms with van der Waals surface area (Å²) in [6.45, 7) is 6.19. The highest BCUT2D eigenvalue weighted by Crippen LogP contribution is 2.15. The molecule has 1 rings (SSSR count). The summed E-state index contributed by atoms with van der Waals surface area (Å²) in [4.78, 5) is 23.8. The zero-order valence-corrected chi connectivity index (χ0v) is 14.0. The maximum absolute atomic E-state index is 12.8. The third-order valence-electron chi connectivity index (χ3n) is 3.87. The third-order valence-corrected chi connectivity index (χ3v) is 3.87. The Morgan fingerprint density at radius 2 is 1.77 bits per heavy atom. The fourth-order valence-corrected chi connectivity index (χ4v) is 1.82. The Labute approximate surface area is 137 Å². The van der Waals surface area contributed by atoms with E-state index in [-0.39, 0.29) is 48.7 Å². The molecule has 3 N–H and O–H groups in total. The van der Waals surface area contributed by atoms with Gasteiger partial charge in [0.25, 0.3) is 0 Å². The van der Waals surface area contributed by atoms with E-state index in [9.17, 15) is 14.0 Å². The molecule has 0 radical (unpaired) electrons. The van der Waals surface area contributed by atoms with Crippen LogP contribution in [0.3, 0.4) is 0 Å². The van der Waals surface area contributed by atoms with Crippen LogP contribution in [0.25, 0.3) is 0 Å². The van der Waals surface area contributed by atoms with Gasteiger partial charge in [-0.2, -0.15) is 0 Å². The number of hydrogen-bond donors (Lipinski definition) is 2. The average molecular weight is 331 g/mol. The van der Waals surface area contributed by atoms with Crippen LogP contribution in [0.2, 0.25) is 0 Å². The van der Waals surface area contributed by atoms with Gasteiger partial charge < -0.3 is 11.1 Å². The molecule has 22 heavy (non-hydrogen) atoms. The Morgan fingerprint density at radius 3 is 2.23 bits per heavy atom. The van der Waals surface area contributed by atoms with Crippen molar-refractivity contribution in [2.75, 3.05) is 6.54 Å². The lowest BCUT2D eigenvalue weighted by Gasteiger charge is -2.33. The lowest BCUT2D eigenvalue weighted by atomic mass is 9.88. The number of benzene rings is 1. The minimum absolute atomic E-state index is 0. The molecule has 0 fully saturated rings. The molecule has 1 amide bonds. The summed E-state index contributed by atoms with van der Waals surface area (Å²) in [5.74, 6) is -0.574. The topological polar surface area (TPSA) is 72.2 Å². The van der Waals surface area contributed by atoms with Crippen LogP contribution in [-0.4, -0.2) is 23.8 Å². The van der Waals surface area contributed by atoms with Gasteiger partial charge in [-0.1, -0.05) is 13.8 Å². The van der Waals surface area contributed by atoms with Gasteiger partial charge in [0.2, 0.25) is 5.91 Å². The maximum Gasteiger partial charge on any atom is 0.220 e. The van der Waals surface area contributed by atoms with Gasteiger partial charge in [-0.3, -0.25) is 9.59 Å². The summed E-state index contributed by atoms with van der Waals surface area (Å²) >= 11 is 0. The van der Waals surface area contributed by atoms with Crippen LogP contribution in [-0.2, 0) is 4.79 Å². The number of nitrogens with two attached hydrogens (primary N) is 1. The summed E-state index contributed by atoms with van der Waals surface area (Å²) in [5, 5.41) is 2.88. The number of nitrogens with one attached hydrogen (secondary N) is 1. The zero-order valence-electron chi connectivity index (χ0n) is 13.2. The molecule has 1 aromatic rings. The van der Waals surface area contributed by atoms with Crippen molar-refractivity contribution in [3.05, 3.63) is 35.6 Å². The fraction of sp³-hybridized carbons (Fsp3) is 0.500. The summed E-state index contributed by atoms with van der Waals surface area (Å²) in [7, 11) is 0. The summed E-state index contributed by atoms with van der Waals surface area (Å²) in [5.41, 5.74) is 5.64. The lowest BCUT2D eigenvalue weighted by molar-refractivity contribution is -0.123. The Hall–Kier alpha value is -1.46. The number of carbonyl (C=O) groups excluding carboxylic acids is 2. The molecular weight excluding hydrogens is 307 g/mol. The second-order valence-corrected chi connectivity index (χ2v) is 5.75. The molecule has 0 aliphatic heterocycles. The van der Waals surface area contributed by atoms with Crippen LogP contribution in [0.4, 0.5) is 4.39 Å². The Balaban J connectivity index is 0.00000441. The molecule has 124 valence electrons. The van der Waals surface area contributed by atoms with E-state index >= 15 is 0 Å². The minimum Gasteiger partial charge on any atom is -0.349 e. The smallest absolute Gasteiger partial charge is 0.220 e. The standard InChI is InChI=1S/C16H23FN2O2.ClH/c1-11(2)16(3,10-18)19-15(21)9-8-14(20)12-4-6-13(17)7-5-12;/h4-7,11H,8-10,18H2,1-3H3,(H,19,21);1H. The molecule has 4 nitrogen and oxygen atoms in total. The lowest BCUT2D eigenvalue weighted by Crippen LogP contribution is -2.55. The number of Topliss-reactive ketones (excluding diaryl/α,β-unsaturated/α-hetero) is 1. The van der Waals surface area contributed by atoms with Crippen molar-refractivity contribution in [2.45, 2.75) is 39.2 Å². The molecule has 0 aromatic heterocycles.